The van der Waals surface area contributed by atoms with Crippen LogP contribution in [0.5, 0.6) is 0 Å². The Labute approximate surface area is 93.0 Å². The highest BCUT2D eigenvalue weighted by Crippen LogP contribution is 2.36. The van der Waals surface area contributed by atoms with Gasteiger partial charge in [-0.15, -0.1) is 0 Å². The minimum Gasteiger partial charge on any atom is -0.352 e. The SMILES string of the molecule is CCCNCC(=O)NC1CCC(C)(C)C1. The maximum Gasteiger partial charge on any atom is 0.234 e. The summed E-state index contributed by atoms with van der Waals surface area (Å²) in [6, 6.07) is 0.399. The van der Waals surface area contributed by atoms with Gasteiger partial charge in [-0.2, -0.15) is 0 Å². The van der Waals surface area contributed by atoms with Crippen molar-refractivity contribution in [1.29, 1.82) is 0 Å². The fourth-order valence-corrected chi connectivity index (χ4v) is 2.22. The van der Waals surface area contributed by atoms with Crippen LogP contribution in [0.4, 0.5) is 0 Å². The van der Waals surface area contributed by atoms with Gasteiger partial charge in [0, 0.05) is 6.04 Å². The fourth-order valence-electron chi connectivity index (χ4n) is 2.22. The first-order valence-corrected chi connectivity index (χ1v) is 6.03. The summed E-state index contributed by atoms with van der Waals surface area (Å²) in [6.07, 6.45) is 4.54. The lowest BCUT2D eigenvalue weighted by molar-refractivity contribution is -0.120. The zero-order valence-corrected chi connectivity index (χ0v) is 10.2. The van der Waals surface area contributed by atoms with Crippen molar-refractivity contribution in [2.45, 2.75) is 52.5 Å². The molecule has 15 heavy (non-hydrogen) atoms. The molecule has 0 heterocycles. The summed E-state index contributed by atoms with van der Waals surface area (Å²) in [5.74, 6) is 0.145. The number of carbonyl (C=O) groups is 1. The number of amides is 1. The van der Waals surface area contributed by atoms with E-state index in [1.807, 2.05) is 0 Å². The molecule has 1 atom stereocenters. The Bertz CT molecular complexity index is 214. The number of carbonyl (C=O) groups excluding carboxylic acids is 1. The summed E-state index contributed by atoms with van der Waals surface area (Å²) in [4.78, 5) is 11.5. The van der Waals surface area contributed by atoms with Crippen LogP contribution in [0.2, 0.25) is 0 Å². The smallest absolute Gasteiger partial charge is 0.234 e. The predicted molar refractivity (Wildman–Crippen MR) is 62.7 cm³/mol. The van der Waals surface area contributed by atoms with Crippen molar-refractivity contribution >= 4 is 5.91 Å². The van der Waals surface area contributed by atoms with Crippen molar-refractivity contribution < 1.29 is 4.79 Å². The first-order chi connectivity index (χ1) is 7.03. The third kappa shape index (κ3) is 4.65. The monoisotopic (exact) mass is 212 g/mol. The third-order valence-electron chi connectivity index (χ3n) is 3.05. The number of nitrogens with one attached hydrogen (secondary N) is 2. The number of rotatable bonds is 5. The van der Waals surface area contributed by atoms with Crippen LogP contribution in [0.1, 0.15) is 46.5 Å². The first kappa shape index (κ1) is 12.5. The summed E-state index contributed by atoms with van der Waals surface area (Å²) in [6.45, 7) is 8.03. The van der Waals surface area contributed by atoms with Gasteiger partial charge in [-0.25, -0.2) is 0 Å². The molecule has 1 rings (SSSR count). The Kier molecular flexibility index (Phi) is 4.58. The highest BCUT2D eigenvalue weighted by molar-refractivity contribution is 5.78. The Hall–Kier alpha value is -0.570. The maximum absolute atomic E-state index is 11.5. The van der Waals surface area contributed by atoms with E-state index < -0.39 is 0 Å². The van der Waals surface area contributed by atoms with Gasteiger partial charge in [0.1, 0.15) is 0 Å². The molecule has 0 bridgehead atoms. The predicted octanol–water partition coefficient (Wildman–Crippen LogP) is 1.68. The molecule has 0 spiro atoms. The normalized spacial score (nSPS) is 24.1. The van der Waals surface area contributed by atoms with E-state index in [4.69, 9.17) is 0 Å². The summed E-state index contributed by atoms with van der Waals surface area (Å²) >= 11 is 0. The van der Waals surface area contributed by atoms with Gasteiger partial charge in [0.2, 0.25) is 5.91 Å². The maximum atomic E-state index is 11.5. The molecule has 0 aromatic heterocycles. The molecule has 2 N–H and O–H groups in total. The standard InChI is InChI=1S/C12H24N2O/c1-4-7-13-9-11(15)14-10-5-6-12(2,3)8-10/h10,13H,4-9H2,1-3H3,(H,14,15). The Morgan fingerprint density at radius 3 is 2.73 bits per heavy atom. The van der Waals surface area contributed by atoms with Crippen LogP contribution in [0.3, 0.4) is 0 Å². The minimum atomic E-state index is 0.145. The molecular formula is C12H24N2O. The van der Waals surface area contributed by atoms with E-state index in [2.05, 4.69) is 31.4 Å². The van der Waals surface area contributed by atoms with Crippen molar-refractivity contribution in [3.63, 3.8) is 0 Å². The summed E-state index contributed by atoms with van der Waals surface area (Å²) < 4.78 is 0. The molecule has 1 amide bonds. The first-order valence-electron chi connectivity index (χ1n) is 6.03. The molecule has 1 aliphatic carbocycles. The highest BCUT2D eigenvalue weighted by Gasteiger charge is 2.31. The largest absolute Gasteiger partial charge is 0.352 e. The van der Waals surface area contributed by atoms with Crippen LogP contribution in [-0.4, -0.2) is 25.0 Å². The van der Waals surface area contributed by atoms with Gasteiger partial charge < -0.3 is 10.6 Å². The van der Waals surface area contributed by atoms with Gasteiger partial charge in [0.15, 0.2) is 0 Å². The lowest BCUT2D eigenvalue weighted by atomic mass is 9.92. The second kappa shape index (κ2) is 5.50. The lowest BCUT2D eigenvalue weighted by Crippen LogP contribution is -2.39. The zero-order chi connectivity index (χ0) is 11.3. The van der Waals surface area contributed by atoms with Crippen LogP contribution in [0.15, 0.2) is 0 Å². The van der Waals surface area contributed by atoms with Gasteiger partial charge in [-0.1, -0.05) is 20.8 Å². The molecule has 0 aromatic rings. The molecule has 1 aliphatic rings. The fraction of sp³-hybridized carbons (Fsp3) is 0.917. The molecule has 3 nitrogen and oxygen atoms in total. The van der Waals surface area contributed by atoms with E-state index in [0.717, 1.165) is 25.8 Å². The second-order valence-electron chi connectivity index (χ2n) is 5.35. The lowest BCUT2D eigenvalue weighted by Gasteiger charge is -2.17. The van der Waals surface area contributed by atoms with Crippen LogP contribution in [-0.2, 0) is 4.79 Å². The number of hydrogen-bond donors (Lipinski definition) is 2. The van der Waals surface area contributed by atoms with Gasteiger partial charge in [0.25, 0.3) is 0 Å². The molecule has 3 heteroatoms. The van der Waals surface area contributed by atoms with Crippen LogP contribution < -0.4 is 10.6 Å². The van der Waals surface area contributed by atoms with Crippen molar-refractivity contribution in [3.8, 4) is 0 Å². The molecule has 1 fully saturated rings. The molecule has 1 saturated carbocycles. The van der Waals surface area contributed by atoms with Crippen LogP contribution in [0.25, 0.3) is 0 Å². The van der Waals surface area contributed by atoms with E-state index in [9.17, 15) is 4.79 Å². The van der Waals surface area contributed by atoms with E-state index >= 15 is 0 Å². The van der Waals surface area contributed by atoms with E-state index in [-0.39, 0.29) is 5.91 Å². The van der Waals surface area contributed by atoms with Crippen molar-refractivity contribution in [2.24, 2.45) is 5.41 Å². The van der Waals surface area contributed by atoms with Gasteiger partial charge in [-0.3, -0.25) is 4.79 Å². The summed E-state index contributed by atoms with van der Waals surface area (Å²) in [5.41, 5.74) is 0.412. The van der Waals surface area contributed by atoms with Crippen molar-refractivity contribution in [3.05, 3.63) is 0 Å². The second-order valence-corrected chi connectivity index (χ2v) is 5.35. The van der Waals surface area contributed by atoms with Crippen molar-refractivity contribution in [2.75, 3.05) is 13.1 Å². The Balaban J connectivity index is 2.16. The van der Waals surface area contributed by atoms with E-state index in [1.54, 1.807) is 0 Å². The van der Waals surface area contributed by atoms with Gasteiger partial charge >= 0.3 is 0 Å². The van der Waals surface area contributed by atoms with Gasteiger partial charge in [-0.05, 0) is 37.6 Å². The minimum absolute atomic E-state index is 0.145. The molecule has 0 saturated heterocycles. The van der Waals surface area contributed by atoms with E-state index in [1.165, 1.54) is 6.42 Å². The van der Waals surface area contributed by atoms with E-state index in [0.29, 0.717) is 18.0 Å². The average Bonchev–Trinajstić information content (AvgIpc) is 2.46. The average molecular weight is 212 g/mol. The van der Waals surface area contributed by atoms with Crippen molar-refractivity contribution in [1.82, 2.24) is 10.6 Å². The zero-order valence-electron chi connectivity index (χ0n) is 10.2. The molecule has 0 aliphatic heterocycles. The third-order valence-corrected chi connectivity index (χ3v) is 3.05. The summed E-state index contributed by atoms with van der Waals surface area (Å²) in [7, 11) is 0. The highest BCUT2D eigenvalue weighted by atomic mass is 16.1. The topological polar surface area (TPSA) is 41.1 Å². The van der Waals surface area contributed by atoms with Crippen LogP contribution in [0, 0.1) is 5.41 Å². The quantitative estimate of drug-likeness (QED) is 0.681. The Morgan fingerprint density at radius 1 is 1.47 bits per heavy atom. The molecule has 0 radical (unpaired) electrons. The summed E-state index contributed by atoms with van der Waals surface area (Å²) in [5, 5.41) is 6.21. The molecular weight excluding hydrogens is 188 g/mol. The Morgan fingerprint density at radius 2 is 2.20 bits per heavy atom. The number of hydrogen-bond acceptors (Lipinski definition) is 2. The molecule has 0 aromatic carbocycles. The molecule has 1 unspecified atom stereocenters. The van der Waals surface area contributed by atoms with Gasteiger partial charge in [0.05, 0.1) is 6.54 Å². The van der Waals surface area contributed by atoms with Crippen LogP contribution >= 0.6 is 0 Å². The molecule has 88 valence electrons.